The number of hydrogen-bond donors (Lipinski definition) is 1. The number of nitrogens with zero attached hydrogens (tertiary/aromatic N) is 2. The summed E-state index contributed by atoms with van der Waals surface area (Å²) in [5.41, 5.74) is 2.57. The Balaban J connectivity index is 1.66. The van der Waals surface area contributed by atoms with E-state index in [0.717, 1.165) is 24.8 Å². The van der Waals surface area contributed by atoms with E-state index in [2.05, 4.69) is 15.3 Å². The quantitative estimate of drug-likeness (QED) is 0.438. The lowest BCUT2D eigenvalue weighted by molar-refractivity contribution is -0.118. The van der Waals surface area contributed by atoms with Gasteiger partial charge in [-0.1, -0.05) is 50.1 Å². The molecule has 0 spiro atoms. The van der Waals surface area contributed by atoms with Crippen molar-refractivity contribution in [2.24, 2.45) is 0 Å². The molecule has 0 unspecified atom stereocenters. The molecule has 0 radical (unpaired) electrons. The topological polar surface area (TPSA) is 85.1 Å². The number of amides is 1. The molecule has 0 aliphatic rings. The number of aromatic nitrogens is 2. The largest absolute Gasteiger partial charge is 0.438 e. The molecule has 1 aromatic carbocycles. The van der Waals surface area contributed by atoms with Crippen molar-refractivity contribution in [1.82, 2.24) is 15.3 Å². The van der Waals surface area contributed by atoms with Crippen molar-refractivity contribution in [3.05, 3.63) is 59.0 Å². The molecule has 3 rings (SSSR count). The number of ketones is 1. The zero-order valence-corrected chi connectivity index (χ0v) is 17.3. The van der Waals surface area contributed by atoms with E-state index in [1.54, 1.807) is 17.9 Å². The third kappa shape index (κ3) is 6.09. The van der Waals surface area contributed by atoms with Crippen LogP contribution >= 0.6 is 11.3 Å². The van der Waals surface area contributed by atoms with E-state index in [0.29, 0.717) is 41.6 Å². The van der Waals surface area contributed by atoms with Crippen LogP contribution in [0.1, 0.15) is 67.1 Å². The van der Waals surface area contributed by atoms with Crippen LogP contribution in [-0.4, -0.2) is 21.7 Å². The van der Waals surface area contributed by atoms with Crippen LogP contribution in [0.5, 0.6) is 0 Å². The standard InChI is InChI=1S/C22H25N3O3S/c1-2-17(26)11-7-4-8-12-18(25-21(27)20-14-23-15-29-20)22-24-13-19(28-22)16-9-5-3-6-10-16/h3,5-6,9-10,13-15,18H,2,4,7-8,11-12H2,1H3,(H,25,27)/t18-/m0/s1. The Kier molecular flexibility index (Phi) is 7.69. The molecule has 6 nitrogen and oxygen atoms in total. The van der Waals surface area contributed by atoms with E-state index in [9.17, 15) is 9.59 Å². The van der Waals surface area contributed by atoms with Gasteiger partial charge in [0.15, 0.2) is 5.76 Å². The lowest BCUT2D eigenvalue weighted by Gasteiger charge is -2.15. The van der Waals surface area contributed by atoms with Gasteiger partial charge in [-0.3, -0.25) is 14.6 Å². The molecule has 1 N–H and O–H groups in total. The Labute approximate surface area is 174 Å². The minimum absolute atomic E-state index is 0.182. The molecule has 2 aromatic heterocycles. The Morgan fingerprint density at radius 2 is 1.97 bits per heavy atom. The average molecular weight is 412 g/mol. The van der Waals surface area contributed by atoms with Crippen LogP contribution in [0.3, 0.4) is 0 Å². The fourth-order valence-electron chi connectivity index (χ4n) is 3.02. The zero-order chi connectivity index (χ0) is 20.5. The predicted molar refractivity (Wildman–Crippen MR) is 113 cm³/mol. The Morgan fingerprint density at radius 1 is 1.14 bits per heavy atom. The maximum absolute atomic E-state index is 12.5. The van der Waals surface area contributed by atoms with Crippen LogP contribution in [0.2, 0.25) is 0 Å². The first kappa shape index (κ1) is 20.9. The van der Waals surface area contributed by atoms with E-state index in [-0.39, 0.29) is 11.9 Å². The summed E-state index contributed by atoms with van der Waals surface area (Å²) in [5.74, 6) is 1.27. The molecule has 3 aromatic rings. The molecular weight excluding hydrogens is 386 g/mol. The SMILES string of the molecule is CCC(=O)CCCCC[C@H](NC(=O)c1cncs1)c1ncc(-c2ccccc2)o1. The molecule has 0 bridgehead atoms. The molecule has 0 fully saturated rings. The van der Waals surface area contributed by atoms with Crippen molar-refractivity contribution < 1.29 is 14.0 Å². The third-order valence-corrected chi connectivity index (χ3v) is 5.46. The first-order valence-corrected chi connectivity index (χ1v) is 10.8. The second-order valence-corrected chi connectivity index (χ2v) is 7.70. The van der Waals surface area contributed by atoms with Crippen LogP contribution in [0.15, 0.2) is 52.7 Å². The van der Waals surface area contributed by atoms with Gasteiger partial charge in [-0.15, -0.1) is 11.3 Å². The van der Waals surface area contributed by atoms with Gasteiger partial charge in [0.1, 0.15) is 16.7 Å². The Bertz CT molecular complexity index is 907. The first-order chi connectivity index (χ1) is 14.2. The van der Waals surface area contributed by atoms with Gasteiger partial charge in [-0.25, -0.2) is 4.98 Å². The second-order valence-electron chi connectivity index (χ2n) is 6.81. The number of carbonyl (C=O) groups is 2. The highest BCUT2D eigenvalue weighted by Crippen LogP contribution is 2.26. The number of benzene rings is 1. The highest BCUT2D eigenvalue weighted by molar-refractivity contribution is 7.11. The van der Waals surface area contributed by atoms with E-state index in [4.69, 9.17) is 4.42 Å². The van der Waals surface area contributed by atoms with Gasteiger partial charge < -0.3 is 9.73 Å². The van der Waals surface area contributed by atoms with Gasteiger partial charge in [-0.2, -0.15) is 0 Å². The maximum atomic E-state index is 12.5. The molecule has 1 atom stereocenters. The molecule has 0 aliphatic carbocycles. The van der Waals surface area contributed by atoms with Crippen molar-refractivity contribution >= 4 is 23.0 Å². The highest BCUT2D eigenvalue weighted by atomic mass is 32.1. The van der Waals surface area contributed by atoms with Gasteiger partial charge in [0.2, 0.25) is 5.89 Å². The van der Waals surface area contributed by atoms with E-state index in [1.807, 2.05) is 37.3 Å². The smallest absolute Gasteiger partial charge is 0.263 e. The minimum Gasteiger partial charge on any atom is -0.438 e. The fourth-order valence-corrected chi connectivity index (χ4v) is 3.55. The van der Waals surface area contributed by atoms with Crippen molar-refractivity contribution in [1.29, 1.82) is 0 Å². The molecule has 0 aliphatic heterocycles. The summed E-state index contributed by atoms with van der Waals surface area (Å²) < 4.78 is 5.97. The summed E-state index contributed by atoms with van der Waals surface area (Å²) in [6.07, 6.45) is 7.80. The molecular formula is C22H25N3O3S. The number of Topliss-reactive ketones (excluding diaryl/α,β-unsaturated/α-hetero) is 1. The molecule has 7 heteroatoms. The molecule has 152 valence electrons. The Morgan fingerprint density at radius 3 is 2.69 bits per heavy atom. The summed E-state index contributed by atoms with van der Waals surface area (Å²) in [4.78, 5) is 32.9. The number of oxazole rings is 1. The number of carbonyl (C=O) groups excluding carboxylic acids is 2. The first-order valence-electron chi connectivity index (χ1n) is 9.89. The van der Waals surface area contributed by atoms with E-state index in [1.165, 1.54) is 11.3 Å². The van der Waals surface area contributed by atoms with Crippen molar-refractivity contribution in [2.45, 2.75) is 51.5 Å². The second kappa shape index (κ2) is 10.7. The predicted octanol–water partition coefficient (Wildman–Crippen LogP) is 5.20. The highest BCUT2D eigenvalue weighted by Gasteiger charge is 2.21. The molecule has 1 amide bonds. The number of unbranched alkanes of at least 4 members (excludes halogenated alkanes) is 2. The van der Waals surface area contributed by atoms with Crippen molar-refractivity contribution in [3.63, 3.8) is 0 Å². The Hall–Kier alpha value is -2.80. The summed E-state index contributed by atoms with van der Waals surface area (Å²) in [6.45, 7) is 1.89. The van der Waals surface area contributed by atoms with Gasteiger partial charge in [0.05, 0.1) is 17.9 Å². The number of thiazole rings is 1. The van der Waals surface area contributed by atoms with Crippen LogP contribution < -0.4 is 5.32 Å². The zero-order valence-electron chi connectivity index (χ0n) is 16.5. The molecule has 0 saturated carbocycles. The van der Waals surface area contributed by atoms with E-state index >= 15 is 0 Å². The van der Waals surface area contributed by atoms with Crippen molar-refractivity contribution in [3.8, 4) is 11.3 Å². The number of hydrogen-bond acceptors (Lipinski definition) is 6. The monoisotopic (exact) mass is 411 g/mol. The maximum Gasteiger partial charge on any atom is 0.263 e. The average Bonchev–Trinajstić information content (AvgIpc) is 3.45. The summed E-state index contributed by atoms with van der Waals surface area (Å²) in [5, 5.41) is 3.02. The van der Waals surface area contributed by atoms with Gasteiger partial charge in [0.25, 0.3) is 5.91 Å². The van der Waals surface area contributed by atoms with Gasteiger partial charge in [0, 0.05) is 18.4 Å². The van der Waals surface area contributed by atoms with Crippen LogP contribution in [0.25, 0.3) is 11.3 Å². The van der Waals surface area contributed by atoms with Crippen LogP contribution in [-0.2, 0) is 4.79 Å². The number of rotatable bonds is 11. The summed E-state index contributed by atoms with van der Waals surface area (Å²) in [7, 11) is 0. The fraction of sp³-hybridized carbons (Fsp3) is 0.364. The van der Waals surface area contributed by atoms with Gasteiger partial charge in [-0.05, 0) is 12.8 Å². The van der Waals surface area contributed by atoms with Crippen molar-refractivity contribution in [2.75, 3.05) is 0 Å². The lowest BCUT2D eigenvalue weighted by Crippen LogP contribution is -2.28. The number of nitrogens with one attached hydrogen (secondary N) is 1. The molecule has 0 saturated heterocycles. The van der Waals surface area contributed by atoms with E-state index < -0.39 is 0 Å². The summed E-state index contributed by atoms with van der Waals surface area (Å²) >= 11 is 1.30. The third-order valence-electron chi connectivity index (χ3n) is 4.68. The lowest BCUT2D eigenvalue weighted by atomic mass is 10.0. The van der Waals surface area contributed by atoms with Crippen LogP contribution in [0.4, 0.5) is 0 Å². The normalized spacial score (nSPS) is 11.9. The van der Waals surface area contributed by atoms with Gasteiger partial charge >= 0.3 is 0 Å². The minimum atomic E-state index is -0.330. The summed E-state index contributed by atoms with van der Waals surface area (Å²) in [6, 6.07) is 9.42. The molecule has 29 heavy (non-hydrogen) atoms. The molecule has 2 heterocycles. The van der Waals surface area contributed by atoms with Crippen LogP contribution in [0, 0.1) is 0 Å².